The van der Waals surface area contributed by atoms with Crippen LogP contribution in [0.15, 0.2) is 30.3 Å². The van der Waals surface area contributed by atoms with Crippen LogP contribution >= 0.6 is 0 Å². The lowest BCUT2D eigenvalue weighted by atomic mass is 9.96. The fourth-order valence-electron chi connectivity index (χ4n) is 3.00. The zero-order valence-corrected chi connectivity index (χ0v) is 12.8. The molecular weight excluding hydrogens is 248 g/mol. The zero-order valence-electron chi connectivity index (χ0n) is 12.8. The molecule has 2 rings (SSSR count). The molecular formula is C17H26N2O. The van der Waals surface area contributed by atoms with Crippen LogP contribution in [0.4, 0.5) is 0 Å². The highest BCUT2D eigenvalue weighted by Crippen LogP contribution is 2.26. The van der Waals surface area contributed by atoms with Gasteiger partial charge in [-0.3, -0.25) is 4.79 Å². The summed E-state index contributed by atoms with van der Waals surface area (Å²) in [6.45, 7) is 8.00. The van der Waals surface area contributed by atoms with Gasteiger partial charge in [0.1, 0.15) is 0 Å². The Morgan fingerprint density at radius 3 is 2.55 bits per heavy atom. The summed E-state index contributed by atoms with van der Waals surface area (Å²) >= 11 is 0. The van der Waals surface area contributed by atoms with Crippen LogP contribution in [0.3, 0.4) is 0 Å². The van der Waals surface area contributed by atoms with E-state index in [4.69, 9.17) is 0 Å². The topological polar surface area (TPSA) is 32.3 Å². The Hall–Kier alpha value is -1.35. The van der Waals surface area contributed by atoms with E-state index in [0.717, 1.165) is 25.9 Å². The summed E-state index contributed by atoms with van der Waals surface area (Å²) in [6.07, 6.45) is 1.85. The highest BCUT2D eigenvalue weighted by Gasteiger charge is 2.33. The molecule has 0 saturated carbocycles. The van der Waals surface area contributed by atoms with E-state index in [0.29, 0.717) is 11.9 Å². The van der Waals surface area contributed by atoms with Crippen molar-refractivity contribution < 1.29 is 4.79 Å². The van der Waals surface area contributed by atoms with E-state index in [1.165, 1.54) is 5.56 Å². The summed E-state index contributed by atoms with van der Waals surface area (Å²) in [7, 11) is 0. The van der Waals surface area contributed by atoms with Crippen molar-refractivity contribution in [1.82, 2.24) is 10.2 Å². The lowest BCUT2D eigenvalue weighted by Crippen LogP contribution is -2.54. The predicted molar refractivity (Wildman–Crippen MR) is 82.4 cm³/mol. The van der Waals surface area contributed by atoms with Crippen LogP contribution in [0.1, 0.15) is 45.2 Å². The van der Waals surface area contributed by atoms with Crippen molar-refractivity contribution in [3.63, 3.8) is 0 Å². The average molecular weight is 274 g/mol. The molecule has 1 heterocycles. The molecule has 3 nitrogen and oxygen atoms in total. The third-order valence-electron chi connectivity index (χ3n) is 4.31. The van der Waals surface area contributed by atoms with Gasteiger partial charge < -0.3 is 10.2 Å². The second kappa shape index (κ2) is 6.89. The van der Waals surface area contributed by atoms with E-state index in [2.05, 4.69) is 43.1 Å². The Balaban J connectivity index is 2.23. The Morgan fingerprint density at radius 2 is 1.95 bits per heavy atom. The first kappa shape index (κ1) is 15.0. The third-order valence-corrected chi connectivity index (χ3v) is 4.31. The van der Waals surface area contributed by atoms with Crippen molar-refractivity contribution in [2.45, 2.75) is 45.7 Å². The van der Waals surface area contributed by atoms with Gasteiger partial charge >= 0.3 is 0 Å². The maximum atomic E-state index is 12.8. The Morgan fingerprint density at radius 1 is 1.30 bits per heavy atom. The molecule has 1 fully saturated rings. The molecule has 1 aromatic carbocycles. The number of carbonyl (C=O) groups excluding carboxylic acids is 1. The van der Waals surface area contributed by atoms with E-state index in [9.17, 15) is 4.79 Å². The molecule has 1 aromatic rings. The van der Waals surface area contributed by atoms with Gasteiger partial charge in [-0.1, -0.05) is 44.2 Å². The molecule has 0 aliphatic carbocycles. The van der Waals surface area contributed by atoms with Crippen molar-refractivity contribution in [2.75, 3.05) is 13.1 Å². The number of piperazine rings is 1. The Labute approximate surface area is 122 Å². The maximum Gasteiger partial charge on any atom is 0.226 e. The first-order chi connectivity index (χ1) is 9.67. The molecule has 1 N–H and O–H groups in total. The minimum atomic E-state index is 0.159. The van der Waals surface area contributed by atoms with Gasteiger partial charge in [0.2, 0.25) is 5.91 Å². The second-order valence-corrected chi connectivity index (χ2v) is 5.74. The van der Waals surface area contributed by atoms with Gasteiger partial charge in [-0.2, -0.15) is 0 Å². The molecule has 1 amide bonds. The lowest BCUT2D eigenvalue weighted by Gasteiger charge is -2.41. The van der Waals surface area contributed by atoms with Crippen molar-refractivity contribution in [3.05, 3.63) is 35.9 Å². The Bertz CT molecular complexity index is 428. The summed E-state index contributed by atoms with van der Waals surface area (Å²) in [6, 6.07) is 10.9. The minimum absolute atomic E-state index is 0.159. The van der Waals surface area contributed by atoms with Gasteiger partial charge in [0, 0.05) is 25.0 Å². The van der Waals surface area contributed by atoms with Crippen molar-refractivity contribution >= 4 is 5.91 Å². The molecule has 2 atom stereocenters. The molecule has 20 heavy (non-hydrogen) atoms. The first-order valence-electron chi connectivity index (χ1n) is 7.76. The third kappa shape index (κ3) is 3.21. The molecule has 0 radical (unpaired) electrons. The molecule has 0 bridgehead atoms. The van der Waals surface area contributed by atoms with Crippen molar-refractivity contribution in [3.8, 4) is 0 Å². The van der Waals surface area contributed by atoms with Crippen LogP contribution in [0.25, 0.3) is 0 Å². The minimum Gasteiger partial charge on any atom is -0.333 e. The fourth-order valence-corrected chi connectivity index (χ4v) is 3.00. The smallest absolute Gasteiger partial charge is 0.226 e. The van der Waals surface area contributed by atoms with Crippen molar-refractivity contribution in [1.29, 1.82) is 0 Å². The standard InChI is InChI=1S/C17H26N2O/c1-4-14(5-2)17(20)19-12-13(3)18-11-16(19)15-9-7-6-8-10-15/h6-10,13-14,16,18H,4-5,11-12H2,1-3H3. The lowest BCUT2D eigenvalue weighted by molar-refractivity contribution is -0.140. The number of benzene rings is 1. The van der Waals surface area contributed by atoms with Crippen LogP contribution in [0.5, 0.6) is 0 Å². The van der Waals surface area contributed by atoms with E-state index in [1.807, 2.05) is 18.2 Å². The molecule has 3 heteroatoms. The number of carbonyl (C=O) groups is 1. The van der Waals surface area contributed by atoms with Gasteiger partial charge in [-0.25, -0.2) is 0 Å². The predicted octanol–water partition coefficient (Wildman–Crippen LogP) is 2.98. The fraction of sp³-hybridized carbons (Fsp3) is 0.588. The highest BCUT2D eigenvalue weighted by atomic mass is 16.2. The van der Waals surface area contributed by atoms with Gasteiger partial charge in [0.25, 0.3) is 0 Å². The van der Waals surface area contributed by atoms with Crippen molar-refractivity contribution in [2.24, 2.45) is 5.92 Å². The number of hydrogen-bond acceptors (Lipinski definition) is 2. The van der Waals surface area contributed by atoms with Crippen LogP contribution in [-0.4, -0.2) is 29.9 Å². The van der Waals surface area contributed by atoms with E-state index in [1.54, 1.807) is 0 Å². The summed E-state index contributed by atoms with van der Waals surface area (Å²) in [5.41, 5.74) is 1.23. The summed E-state index contributed by atoms with van der Waals surface area (Å²) < 4.78 is 0. The number of hydrogen-bond donors (Lipinski definition) is 1. The SMILES string of the molecule is CCC(CC)C(=O)N1CC(C)NCC1c1ccccc1. The number of amides is 1. The molecule has 0 spiro atoms. The van der Waals surface area contributed by atoms with Gasteiger partial charge in [0.05, 0.1) is 6.04 Å². The van der Waals surface area contributed by atoms with Gasteiger partial charge in [-0.15, -0.1) is 0 Å². The molecule has 1 aliphatic heterocycles. The molecule has 1 saturated heterocycles. The number of rotatable bonds is 4. The van der Waals surface area contributed by atoms with E-state index >= 15 is 0 Å². The van der Waals surface area contributed by atoms with E-state index < -0.39 is 0 Å². The quantitative estimate of drug-likeness (QED) is 0.915. The second-order valence-electron chi connectivity index (χ2n) is 5.74. The van der Waals surface area contributed by atoms with Gasteiger partial charge in [0.15, 0.2) is 0 Å². The summed E-state index contributed by atoms with van der Waals surface area (Å²) in [4.78, 5) is 14.9. The normalized spacial score (nSPS) is 23.1. The molecule has 110 valence electrons. The van der Waals surface area contributed by atoms with Crippen LogP contribution in [-0.2, 0) is 4.79 Å². The van der Waals surface area contributed by atoms with Crippen LogP contribution in [0, 0.1) is 5.92 Å². The summed E-state index contributed by atoms with van der Waals surface area (Å²) in [5.74, 6) is 0.476. The maximum absolute atomic E-state index is 12.8. The largest absolute Gasteiger partial charge is 0.333 e. The highest BCUT2D eigenvalue weighted by molar-refractivity contribution is 5.79. The zero-order chi connectivity index (χ0) is 14.5. The first-order valence-corrected chi connectivity index (χ1v) is 7.76. The van der Waals surface area contributed by atoms with Crippen LogP contribution in [0.2, 0.25) is 0 Å². The molecule has 1 aliphatic rings. The average Bonchev–Trinajstić information content (AvgIpc) is 2.49. The monoisotopic (exact) mass is 274 g/mol. The Kier molecular flexibility index (Phi) is 5.18. The van der Waals surface area contributed by atoms with Gasteiger partial charge in [-0.05, 0) is 25.3 Å². The van der Waals surface area contributed by atoms with E-state index in [-0.39, 0.29) is 12.0 Å². The molecule has 2 unspecified atom stereocenters. The summed E-state index contributed by atoms with van der Waals surface area (Å²) in [5, 5.41) is 3.50. The number of nitrogens with zero attached hydrogens (tertiary/aromatic N) is 1. The van der Waals surface area contributed by atoms with Crippen LogP contribution < -0.4 is 5.32 Å². The number of nitrogens with one attached hydrogen (secondary N) is 1. The molecule has 0 aromatic heterocycles.